The van der Waals surface area contributed by atoms with Gasteiger partial charge in [0.2, 0.25) is 5.75 Å². The Bertz CT molecular complexity index is 1310. The molecule has 0 aromatic heterocycles. The van der Waals surface area contributed by atoms with Gasteiger partial charge in [0, 0.05) is 17.8 Å². The second kappa shape index (κ2) is 12.7. The zero-order valence-electron chi connectivity index (χ0n) is 21.1. The van der Waals surface area contributed by atoms with Crippen molar-refractivity contribution in [3.05, 3.63) is 82.3 Å². The van der Waals surface area contributed by atoms with Gasteiger partial charge in [-0.2, -0.15) is 0 Å². The number of benzene rings is 3. The van der Waals surface area contributed by atoms with Crippen LogP contribution in [0.25, 0.3) is 12.2 Å². The highest BCUT2D eigenvalue weighted by atomic mass is 35.5. The molecule has 194 valence electrons. The summed E-state index contributed by atoms with van der Waals surface area (Å²) in [6.07, 6.45) is 6.23. The van der Waals surface area contributed by atoms with E-state index in [9.17, 15) is 9.18 Å². The minimum atomic E-state index is -0.571. The summed E-state index contributed by atoms with van der Waals surface area (Å²) in [5.41, 5.74) is 2.02. The lowest BCUT2D eigenvalue weighted by Gasteiger charge is -2.13. The molecular formula is C28H27ClFNO6. The Labute approximate surface area is 220 Å². The van der Waals surface area contributed by atoms with E-state index in [2.05, 4.69) is 5.32 Å². The molecule has 0 heterocycles. The van der Waals surface area contributed by atoms with Gasteiger partial charge in [-0.3, -0.25) is 4.79 Å². The van der Waals surface area contributed by atoms with Crippen molar-refractivity contribution in [2.45, 2.75) is 0 Å². The van der Waals surface area contributed by atoms with Crippen LogP contribution in [-0.4, -0.2) is 41.3 Å². The lowest BCUT2D eigenvalue weighted by molar-refractivity contribution is 0.104. The summed E-state index contributed by atoms with van der Waals surface area (Å²) in [5, 5.41) is 3.24. The van der Waals surface area contributed by atoms with Crippen molar-refractivity contribution < 1.29 is 32.9 Å². The standard InChI is InChI=1S/C28H27ClFNO6/c1-33-24-9-8-19(16-20(24)29)23(32)10-11-31-22-13-17(12-21(30)27(22)36-4)6-7-18-14-25(34-2)28(37-5)26(15-18)35-3/h6-16,31H,1-5H3/b7-6-,11-10-. The molecule has 0 atom stereocenters. The summed E-state index contributed by atoms with van der Waals surface area (Å²) < 4.78 is 41.2. The van der Waals surface area contributed by atoms with Crippen molar-refractivity contribution >= 4 is 35.2 Å². The third kappa shape index (κ3) is 6.54. The highest BCUT2D eigenvalue weighted by Crippen LogP contribution is 2.39. The van der Waals surface area contributed by atoms with Crippen LogP contribution in [0.1, 0.15) is 21.5 Å². The number of nitrogens with one attached hydrogen (secondary N) is 1. The van der Waals surface area contributed by atoms with Gasteiger partial charge in [-0.15, -0.1) is 0 Å². The summed E-state index contributed by atoms with van der Waals surface area (Å²) in [5.74, 6) is 1.08. The normalized spacial score (nSPS) is 11.0. The van der Waals surface area contributed by atoms with Crippen molar-refractivity contribution in [2.24, 2.45) is 0 Å². The van der Waals surface area contributed by atoms with Gasteiger partial charge in [0.1, 0.15) is 5.75 Å². The van der Waals surface area contributed by atoms with Crippen LogP contribution in [0.4, 0.5) is 10.1 Å². The number of hydrogen-bond donors (Lipinski definition) is 1. The maximum atomic E-state index is 14.8. The van der Waals surface area contributed by atoms with Crippen LogP contribution >= 0.6 is 11.6 Å². The predicted octanol–water partition coefficient (Wildman–Crippen LogP) is 6.50. The first kappa shape index (κ1) is 27.4. The summed E-state index contributed by atoms with van der Waals surface area (Å²) in [6, 6.07) is 11.3. The number of anilines is 1. The summed E-state index contributed by atoms with van der Waals surface area (Å²) in [7, 11) is 7.45. The molecule has 0 saturated carbocycles. The van der Waals surface area contributed by atoms with Crippen LogP contribution in [0.5, 0.6) is 28.7 Å². The SMILES string of the molecule is COc1ccc(C(=O)/C=C\Nc2cc(/C=C\c3cc(OC)c(OC)c(OC)c3)cc(F)c2OC)cc1Cl. The molecule has 1 N–H and O–H groups in total. The molecule has 0 aliphatic heterocycles. The lowest BCUT2D eigenvalue weighted by atomic mass is 10.1. The second-order valence-corrected chi connectivity index (χ2v) is 7.97. The Morgan fingerprint density at radius 1 is 0.784 bits per heavy atom. The first-order valence-electron chi connectivity index (χ1n) is 11.0. The first-order chi connectivity index (χ1) is 17.8. The zero-order valence-corrected chi connectivity index (χ0v) is 21.8. The Morgan fingerprint density at radius 3 is 1.92 bits per heavy atom. The molecule has 0 saturated heterocycles. The molecule has 3 aromatic rings. The number of ether oxygens (including phenoxy) is 5. The minimum Gasteiger partial charge on any atom is -0.495 e. The smallest absolute Gasteiger partial charge is 0.203 e. The number of allylic oxidation sites excluding steroid dienone is 1. The highest BCUT2D eigenvalue weighted by molar-refractivity contribution is 6.32. The highest BCUT2D eigenvalue weighted by Gasteiger charge is 2.13. The van der Waals surface area contributed by atoms with Gasteiger partial charge < -0.3 is 29.0 Å². The summed E-state index contributed by atoms with van der Waals surface area (Å²) >= 11 is 6.10. The molecule has 7 nitrogen and oxygen atoms in total. The molecule has 9 heteroatoms. The van der Waals surface area contributed by atoms with E-state index in [1.165, 1.54) is 60.0 Å². The predicted molar refractivity (Wildman–Crippen MR) is 143 cm³/mol. The molecule has 0 fully saturated rings. The van der Waals surface area contributed by atoms with E-state index in [-0.39, 0.29) is 11.5 Å². The van der Waals surface area contributed by atoms with Crippen LogP contribution in [0.15, 0.2) is 54.7 Å². The quantitative estimate of drug-likeness (QED) is 0.173. The van der Waals surface area contributed by atoms with Gasteiger partial charge in [-0.25, -0.2) is 4.39 Å². The molecule has 0 radical (unpaired) electrons. The van der Waals surface area contributed by atoms with Crippen LogP contribution in [-0.2, 0) is 0 Å². The van der Waals surface area contributed by atoms with E-state index < -0.39 is 5.82 Å². The monoisotopic (exact) mass is 527 g/mol. The zero-order chi connectivity index (χ0) is 26.9. The first-order valence-corrected chi connectivity index (χ1v) is 11.4. The van der Waals surface area contributed by atoms with E-state index in [0.29, 0.717) is 44.8 Å². The van der Waals surface area contributed by atoms with Gasteiger partial charge >= 0.3 is 0 Å². The number of halogens is 2. The Kier molecular flexibility index (Phi) is 9.40. The maximum Gasteiger partial charge on any atom is 0.203 e. The van der Waals surface area contributed by atoms with Crippen LogP contribution in [0.2, 0.25) is 5.02 Å². The fourth-order valence-corrected chi connectivity index (χ4v) is 3.80. The maximum absolute atomic E-state index is 14.8. The van der Waals surface area contributed by atoms with E-state index in [1.807, 2.05) is 0 Å². The molecule has 0 aliphatic carbocycles. The van der Waals surface area contributed by atoms with Gasteiger partial charge in [0.15, 0.2) is 28.8 Å². The van der Waals surface area contributed by atoms with Crippen molar-refractivity contribution in [3.8, 4) is 28.7 Å². The topological polar surface area (TPSA) is 75.3 Å². The summed E-state index contributed by atoms with van der Waals surface area (Å²) in [4.78, 5) is 12.5. The van der Waals surface area contributed by atoms with Crippen molar-refractivity contribution in [2.75, 3.05) is 40.9 Å². The number of methoxy groups -OCH3 is 5. The number of ketones is 1. The summed E-state index contributed by atoms with van der Waals surface area (Å²) in [6.45, 7) is 0. The molecule has 0 bridgehead atoms. The van der Waals surface area contributed by atoms with Gasteiger partial charge in [0.05, 0.1) is 46.3 Å². The fraction of sp³-hybridized carbons (Fsp3) is 0.179. The van der Waals surface area contributed by atoms with Crippen LogP contribution in [0.3, 0.4) is 0 Å². The van der Waals surface area contributed by atoms with Gasteiger partial charge in [-0.1, -0.05) is 23.8 Å². The molecule has 0 aliphatic rings. The molecule has 0 spiro atoms. The van der Waals surface area contributed by atoms with Crippen molar-refractivity contribution in [1.82, 2.24) is 0 Å². The number of hydrogen-bond acceptors (Lipinski definition) is 7. The van der Waals surface area contributed by atoms with Crippen molar-refractivity contribution in [3.63, 3.8) is 0 Å². The number of carbonyl (C=O) groups is 1. The Balaban J connectivity index is 1.84. The van der Waals surface area contributed by atoms with Crippen LogP contribution in [0, 0.1) is 5.82 Å². The Morgan fingerprint density at radius 2 is 1.38 bits per heavy atom. The molecule has 3 rings (SSSR count). The largest absolute Gasteiger partial charge is 0.495 e. The van der Waals surface area contributed by atoms with E-state index in [1.54, 1.807) is 42.5 Å². The number of carbonyl (C=O) groups excluding carboxylic acids is 1. The molecular weight excluding hydrogens is 501 g/mol. The average Bonchev–Trinajstić information content (AvgIpc) is 2.90. The van der Waals surface area contributed by atoms with E-state index >= 15 is 0 Å². The molecule has 3 aromatic carbocycles. The van der Waals surface area contributed by atoms with E-state index in [4.69, 9.17) is 35.3 Å². The lowest BCUT2D eigenvalue weighted by Crippen LogP contribution is -2.00. The third-order valence-electron chi connectivity index (χ3n) is 5.34. The molecule has 0 amide bonds. The van der Waals surface area contributed by atoms with Crippen molar-refractivity contribution in [1.29, 1.82) is 0 Å². The number of rotatable bonds is 11. The molecule has 37 heavy (non-hydrogen) atoms. The Hall–Kier alpha value is -4.17. The van der Waals surface area contributed by atoms with Gasteiger partial charge in [0.25, 0.3) is 0 Å². The molecule has 0 unspecified atom stereocenters. The minimum absolute atomic E-state index is 0.00882. The average molecular weight is 528 g/mol. The van der Waals surface area contributed by atoms with E-state index in [0.717, 1.165) is 5.56 Å². The van der Waals surface area contributed by atoms with Gasteiger partial charge in [-0.05, 0) is 53.6 Å². The third-order valence-corrected chi connectivity index (χ3v) is 5.63. The second-order valence-electron chi connectivity index (χ2n) is 7.57. The fourth-order valence-electron chi connectivity index (χ4n) is 3.54. The van der Waals surface area contributed by atoms with Crippen LogP contribution < -0.4 is 29.0 Å².